The van der Waals surface area contributed by atoms with Gasteiger partial charge in [0.25, 0.3) is 5.91 Å². The van der Waals surface area contributed by atoms with E-state index < -0.39 is 24.2 Å². The fourth-order valence-electron chi connectivity index (χ4n) is 3.91. The second-order valence-electron chi connectivity index (χ2n) is 7.27. The molecule has 28 heavy (non-hydrogen) atoms. The van der Waals surface area contributed by atoms with E-state index in [9.17, 15) is 18.0 Å². The molecule has 4 rings (SSSR count). The largest absolute Gasteiger partial charge is 0.410 e. The molecule has 2 aliphatic rings. The quantitative estimate of drug-likeness (QED) is 0.690. The Hall–Kier alpha value is -1.74. The van der Waals surface area contributed by atoms with Gasteiger partial charge in [0.1, 0.15) is 10.8 Å². The first-order valence-corrected chi connectivity index (χ1v) is 10.6. The van der Waals surface area contributed by atoms with Crippen molar-refractivity contribution in [2.75, 3.05) is 5.32 Å². The summed E-state index contributed by atoms with van der Waals surface area (Å²) in [5.74, 6) is -0.475. The number of halogens is 4. The standard InChI is InChI=1S/C18H20ClF3N4OS/c19-14-15(17(27)23-10-5-2-1-3-6-10)25-26-13(18(20,21)22)9-11(24-16(14)26)12-7-4-8-28-12/h4,7-8,10-11,13,24H,1-3,5-6,9H2,(H,23,27). The minimum absolute atomic E-state index is 0.0151. The molecule has 2 N–H and O–H groups in total. The summed E-state index contributed by atoms with van der Waals surface area (Å²) in [5, 5.41) is 11.6. The summed E-state index contributed by atoms with van der Waals surface area (Å²) in [6.45, 7) is 0. The zero-order valence-electron chi connectivity index (χ0n) is 14.9. The van der Waals surface area contributed by atoms with Crippen LogP contribution in [0.25, 0.3) is 0 Å². The van der Waals surface area contributed by atoms with Crippen LogP contribution >= 0.6 is 22.9 Å². The minimum atomic E-state index is -4.50. The third-order valence-corrected chi connectivity index (χ3v) is 6.68. The molecule has 0 spiro atoms. The Morgan fingerprint density at radius 3 is 2.71 bits per heavy atom. The molecule has 1 amide bonds. The van der Waals surface area contributed by atoms with Crippen molar-refractivity contribution in [3.05, 3.63) is 33.1 Å². The lowest BCUT2D eigenvalue weighted by atomic mass is 9.95. The van der Waals surface area contributed by atoms with Gasteiger partial charge in [-0.05, 0) is 24.3 Å². The third kappa shape index (κ3) is 3.74. The zero-order chi connectivity index (χ0) is 19.9. The van der Waals surface area contributed by atoms with Crippen LogP contribution in [0.5, 0.6) is 0 Å². The van der Waals surface area contributed by atoms with Crippen LogP contribution in [0.3, 0.4) is 0 Å². The van der Waals surface area contributed by atoms with Crippen LogP contribution < -0.4 is 10.6 Å². The summed E-state index contributed by atoms with van der Waals surface area (Å²) < 4.78 is 42.0. The van der Waals surface area contributed by atoms with Gasteiger partial charge in [-0.3, -0.25) is 4.79 Å². The van der Waals surface area contributed by atoms with Gasteiger partial charge in [-0.25, -0.2) is 4.68 Å². The van der Waals surface area contributed by atoms with Crippen molar-refractivity contribution in [2.24, 2.45) is 0 Å². The lowest BCUT2D eigenvalue weighted by Crippen LogP contribution is -2.37. The van der Waals surface area contributed by atoms with Gasteiger partial charge < -0.3 is 10.6 Å². The predicted octanol–water partition coefficient (Wildman–Crippen LogP) is 5.32. The van der Waals surface area contributed by atoms with Crippen molar-refractivity contribution >= 4 is 34.7 Å². The number of nitrogens with one attached hydrogen (secondary N) is 2. The Balaban J connectivity index is 1.65. The Kier molecular flexibility index (Phi) is 5.30. The van der Waals surface area contributed by atoms with Gasteiger partial charge in [0.2, 0.25) is 0 Å². The average Bonchev–Trinajstić information content (AvgIpc) is 3.30. The number of carbonyl (C=O) groups excluding carboxylic acids is 1. The van der Waals surface area contributed by atoms with E-state index in [0.717, 1.165) is 41.7 Å². The summed E-state index contributed by atoms with van der Waals surface area (Å²) in [7, 11) is 0. The number of thiophene rings is 1. The molecule has 2 unspecified atom stereocenters. The summed E-state index contributed by atoms with van der Waals surface area (Å²) in [4.78, 5) is 13.4. The fourth-order valence-corrected chi connectivity index (χ4v) is 4.97. The van der Waals surface area contributed by atoms with Crippen LogP contribution in [0, 0.1) is 0 Å². The van der Waals surface area contributed by atoms with Crippen LogP contribution in [-0.4, -0.2) is 27.9 Å². The van der Waals surface area contributed by atoms with E-state index in [-0.39, 0.29) is 29.0 Å². The molecule has 2 atom stereocenters. The van der Waals surface area contributed by atoms with E-state index in [2.05, 4.69) is 15.7 Å². The van der Waals surface area contributed by atoms with Gasteiger partial charge in [0.15, 0.2) is 11.7 Å². The maximum atomic E-state index is 13.7. The van der Waals surface area contributed by atoms with E-state index in [0.29, 0.717) is 0 Å². The molecule has 1 aliphatic heterocycles. The van der Waals surface area contributed by atoms with Crippen molar-refractivity contribution in [3.63, 3.8) is 0 Å². The summed E-state index contributed by atoms with van der Waals surface area (Å²) in [5.41, 5.74) is -0.157. The molecular weight excluding hydrogens is 413 g/mol. The van der Waals surface area contributed by atoms with Gasteiger partial charge >= 0.3 is 6.18 Å². The number of carbonyl (C=O) groups is 1. The van der Waals surface area contributed by atoms with Gasteiger partial charge in [-0.15, -0.1) is 11.3 Å². The van der Waals surface area contributed by atoms with Gasteiger partial charge in [0.05, 0.1) is 6.04 Å². The number of rotatable bonds is 3. The summed E-state index contributed by atoms with van der Waals surface area (Å²) in [6.07, 6.45) is 0.198. The normalized spacial score (nSPS) is 23.1. The lowest BCUT2D eigenvalue weighted by molar-refractivity contribution is -0.173. The van der Waals surface area contributed by atoms with Crippen molar-refractivity contribution < 1.29 is 18.0 Å². The molecule has 2 aromatic heterocycles. The number of hydrogen-bond acceptors (Lipinski definition) is 4. The molecule has 2 aromatic rings. The summed E-state index contributed by atoms with van der Waals surface area (Å²) in [6, 6.07) is 1.21. The zero-order valence-corrected chi connectivity index (χ0v) is 16.5. The van der Waals surface area contributed by atoms with Crippen LogP contribution in [0.2, 0.25) is 5.02 Å². The van der Waals surface area contributed by atoms with E-state index in [4.69, 9.17) is 11.6 Å². The molecular formula is C18H20ClF3N4OS. The van der Waals surface area contributed by atoms with Gasteiger partial charge in [0, 0.05) is 17.3 Å². The first kappa shape index (κ1) is 19.6. The molecule has 0 radical (unpaired) electrons. The maximum absolute atomic E-state index is 13.7. The first-order chi connectivity index (χ1) is 13.3. The molecule has 5 nitrogen and oxygen atoms in total. The molecule has 1 aliphatic carbocycles. The Bertz CT molecular complexity index is 846. The number of amides is 1. The summed E-state index contributed by atoms with van der Waals surface area (Å²) >= 11 is 7.70. The number of nitrogens with zero attached hydrogens (tertiary/aromatic N) is 2. The second-order valence-corrected chi connectivity index (χ2v) is 8.63. The van der Waals surface area contributed by atoms with E-state index in [1.165, 1.54) is 11.3 Å². The Morgan fingerprint density at radius 1 is 1.32 bits per heavy atom. The van der Waals surface area contributed by atoms with Crippen LogP contribution in [0.1, 0.15) is 66.0 Å². The van der Waals surface area contributed by atoms with Crippen molar-refractivity contribution in [1.29, 1.82) is 0 Å². The smallest absolute Gasteiger partial charge is 0.361 e. The SMILES string of the molecule is O=C(NC1CCCCC1)c1nn2c(c1Cl)NC(c1cccs1)CC2C(F)(F)F. The number of hydrogen-bond donors (Lipinski definition) is 2. The van der Waals surface area contributed by atoms with Crippen molar-refractivity contribution in [3.8, 4) is 0 Å². The highest BCUT2D eigenvalue weighted by Gasteiger charge is 2.48. The first-order valence-electron chi connectivity index (χ1n) is 9.30. The third-order valence-electron chi connectivity index (χ3n) is 5.34. The molecule has 152 valence electrons. The van der Waals surface area contributed by atoms with Crippen molar-refractivity contribution in [2.45, 2.75) is 62.8 Å². The molecule has 10 heteroatoms. The Labute approximate surface area is 169 Å². The molecule has 1 saturated carbocycles. The highest BCUT2D eigenvalue weighted by molar-refractivity contribution is 7.10. The maximum Gasteiger partial charge on any atom is 0.410 e. The van der Waals surface area contributed by atoms with Crippen LogP contribution in [-0.2, 0) is 0 Å². The number of aromatic nitrogens is 2. The topological polar surface area (TPSA) is 59.0 Å². The minimum Gasteiger partial charge on any atom is -0.361 e. The number of anilines is 1. The Morgan fingerprint density at radius 2 is 2.07 bits per heavy atom. The molecule has 1 fully saturated rings. The molecule has 0 bridgehead atoms. The molecule has 0 aromatic carbocycles. The van der Waals surface area contributed by atoms with Crippen molar-refractivity contribution in [1.82, 2.24) is 15.1 Å². The van der Waals surface area contributed by atoms with E-state index in [1.807, 2.05) is 5.38 Å². The number of fused-ring (bicyclic) bond motifs is 1. The van der Waals surface area contributed by atoms with Crippen LogP contribution in [0.15, 0.2) is 17.5 Å². The number of alkyl halides is 3. The lowest BCUT2D eigenvalue weighted by Gasteiger charge is -2.32. The predicted molar refractivity (Wildman–Crippen MR) is 102 cm³/mol. The van der Waals surface area contributed by atoms with E-state index >= 15 is 0 Å². The average molecular weight is 433 g/mol. The molecule has 0 saturated heterocycles. The second kappa shape index (κ2) is 7.59. The highest BCUT2D eigenvalue weighted by Crippen LogP contribution is 2.46. The van der Waals surface area contributed by atoms with Gasteiger partial charge in [-0.2, -0.15) is 18.3 Å². The van der Waals surface area contributed by atoms with Crippen LogP contribution in [0.4, 0.5) is 19.0 Å². The fraction of sp³-hybridized carbons (Fsp3) is 0.556. The highest BCUT2D eigenvalue weighted by atomic mass is 35.5. The van der Waals surface area contributed by atoms with E-state index in [1.54, 1.807) is 12.1 Å². The monoisotopic (exact) mass is 432 g/mol. The molecule has 3 heterocycles. The van der Waals surface area contributed by atoms with Gasteiger partial charge in [-0.1, -0.05) is 36.9 Å².